The van der Waals surface area contributed by atoms with Gasteiger partial charge in [0.2, 0.25) is 11.7 Å². The molecular formula is C22H18N4O4. The van der Waals surface area contributed by atoms with Crippen molar-refractivity contribution in [2.75, 3.05) is 5.32 Å². The Hall–Kier alpha value is -4.20. The third kappa shape index (κ3) is 4.44. The maximum Gasteiger partial charge on any atom is 0.261 e. The molecule has 2 heterocycles. The number of carbonyl (C=O) groups is 1. The molecule has 8 nitrogen and oxygen atoms in total. The molecule has 0 bridgehead atoms. The van der Waals surface area contributed by atoms with Crippen LogP contribution >= 0.6 is 0 Å². The number of benzene rings is 2. The van der Waals surface area contributed by atoms with Crippen LogP contribution in [-0.2, 0) is 6.61 Å². The van der Waals surface area contributed by atoms with Crippen molar-refractivity contribution < 1.29 is 14.1 Å². The molecule has 150 valence electrons. The Morgan fingerprint density at radius 2 is 1.83 bits per heavy atom. The van der Waals surface area contributed by atoms with Crippen LogP contribution in [0.5, 0.6) is 5.75 Å². The molecule has 8 heteroatoms. The first-order chi connectivity index (χ1) is 14.6. The third-order valence-electron chi connectivity index (χ3n) is 4.29. The van der Waals surface area contributed by atoms with Crippen LogP contribution in [-0.4, -0.2) is 21.0 Å². The van der Waals surface area contributed by atoms with Gasteiger partial charge in [-0.25, -0.2) is 0 Å². The van der Waals surface area contributed by atoms with E-state index in [9.17, 15) is 9.59 Å². The van der Waals surface area contributed by atoms with Crippen LogP contribution in [0.15, 0.2) is 76.0 Å². The average Bonchev–Trinajstić information content (AvgIpc) is 3.19. The number of anilines is 1. The van der Waals surface area contributed by atoms with Crippen molar-refractivity contribution in [3.8, 4) is 17.0 Å². The van der Waals surface area contributed by atoms with Gasteiger partial charge >= 0.3 is 0 Å². The molecular weight excluding hydrogens is 384 g/mol. The fourth-order valence-corrected chi connectivity index (χ4v) is 2.82. The van der Waals surface area contributed by atoms with Crippen molar-refractivity contribution in [2.45, 2.75) is 13.5 Å². The number of hydrogen-bond donors (Lipinski definition) is 2. The van der Waals surface area contributed by atoms with Crippen molar-refractivity contribution in [2.24, 2.45) is 0 Å². The quantitative estimate of drug-likeness (QED) is 0.510. The van der Waals surface area contributed by atoms with Gasteiger partial charge in [0.15, 0.2) is 6.61 Å². The largest absolute Gasteiger partial charge is 0.485 e. The number of aromatic nitrogens is 3. The summed E-state index contributed by atoms with van der Waals surface area (Å²) in [4.78, 5) is 31.7. The van der Waals surface area contributed by atoms with Crippen molar-refractivity contribution >= 4 is 11.6 Å². The molecule has 0 radical (unpaired) electrons. The highest BCUT2D eigenvalue weighted by molar-refractivity contribution is 6.04. The molecule has 0 aliphatic heterocycles. The minimum Gasteiger partial charge on any atom is -0.485 e. The number of rotatable bonds is 6. The Labute approximate surface area is 171 Å². The SMILES string of the molecule is Cc1nc(COc2ccc(NC(=O)c3ccc(-c4ccccc4)[nH]c3=O)cc2)no1. The predicted molar refractivity (Wildman–Crippen MR) is 110 cm³/mol. The number of H-pyrrole nitrogens is 1. The number of carbonyl (C=O) groups excluding carboxylic acids is 1. The van der Waals surface area contributed by atoms with E-state index < -0.39 is 11.5 Å². The maximum absolute atomic E-state index is 12.5. The highest BCUT2D eigenvalue weighted by atomic mass is 16.5. The summed E-state index contributed by atoms with van der Waals surface area (Å²) >= 11 is 0. The summed E-state index contributed by atoms with van der Waals surface area (Å²) in [5.74, 6) is 1.01. The predicted octanol–water partition coefficient (Wildman–Crippen LogP) is 3.56. The number of aromatic amines is 1. The van der Waals surface area contributed by atoms with Gasteiger partial charge in [0.25, 0.3) is 11.5 Å². The first-order valence-corrected chi connectivity index (χ1v) is 9.20. The van der Waals surface area contributed by atoms with E-state index in [4.69, 9.17) is 9.26 Å². The Morgan fingerprint density at radius 3 is 2.50 bits per heavy atom. The number of nitrogens with zero attached hydrogens (tertiary/aromatic N) is 2. The standard InChI is InChI=1S/C22H18N4O4/c1-14-23-20(26-30-14)13-29-17-9-7-16(8-10-17)24-21(27)18-11-12-19(25-22(18)28)15-5-3-2-4-6-15/h2-12H,13H2,1H3,(H,24,27)(H,25,28). The lowest BCUT2D eigenvalue weighted by molar-refractivity contribution is 0.102. The molecule has 4 aromatic rings. The van der Waals surface area contributed by atoms with Gasteiger partial charge in [0, 0.05) is 18.3 Å². The Morgan fingerprint density at radius 1 is 1.07 bits per heavy atom. The van der Waals surface area contributed by atoms with Crippen LogP contribution in [0.1, 0.15) is 22.1 Å². The summed E-state index contributed by atoms with van der Waals surface area (Å²) in [7, 11) is 0. The van der Waals surface area contributed by atoms with Crippen molar-refractivity contribution in [3.05, 3.63) is 94.4 Å². The normalized spacial score (nSPS) is 10.6. The number of ether oxygens (including phenoxy) is 1. The smallest absolute Gasteiger partial charge is 0.261 e. The number of nitrogens with one attached hydrogen (secondary N) is 2. The summed E-state index contributed by atoms with van der Waals surface area (Å²) < 4.78 is 10.5. The molecule has 0 atom stereocenters. The lowest BCUT2D eigenvalue weighted by Crippen LogP contribution is -2.23. The molecule has 0 saturated carbocycles. The summed E-state index contributed by atoms with van der Waals surface area (Å²) in [5, 5.41) is 6.46. The van der Waals surface area contributed by atoms with E-state index in [0.29, 0.717) is 28.8 Å². The highest BCUT2D eigenvalue weighted by Gasteiger charge is 2.12. The summed E-state index contributed by atoms with van der Waals surface area (Å²) in [5.41, 5.74) is 1.63. The molecule has 30 heavy (non-hydrogen) atoms. The second kappa shape index (κ2) is 8.44. The summed E-state index contributed by atoms with van der Waals surface area (Å²) in [6.45, 7) is 1.88. The zero-order valence-corrected chi connectivity index (χ0v) is 16.1. The van der Waals surface area contributed by atoms with Gasteiger partial charge in [-0.05, 0) is 42.0 Å². The zero-order chi connectivity index (χ0) is 20.9. The molecule has 0 spiro atoms. The molecule has 0 aliphatic carbocycles. The van der Waals surface area contributed by atoms with Crippen LogP contribution in [0.2, 0.25) is 0 Å². The molecule has 0 fully saturated rings. The van der Waals surface area contributed by atoms with Gasteiger partial charge in [0.1, 0.15) is 11.3 Å². The number of amides is 1. The van der Waals surface area contributed by atoms with Crippen LogP contribution in [0.4, 0.5) is 5.69 Å². The van der Waals surface area contributed by atoms with Gasteiger partial charge in [-0.15, -0.1) is 0 Å². The van der Waals surface area contributed by atoms with E-state index >= 15 is 0 Å². The number of hydrogen-bond acceptors (Lipinski definition) is 6. The average molecular weight is 402 g/mol. The molecule has 0 unspecified atom stereocenters. The lowest BCUT2D eigenvalue weighted by atomic mass is 10.1. The fraction of sp³-hybridized carbons (Fsp3) is 0.0909. The monoisotopic (exact) mass is 402 g/mol. The van der Waals surface area contributed by atoms with Crippen molar-refractivity contribution in [1.29, 1.82) is 0 Å². The fourth-order valence-electron chi connectivity index (χ4n) is 2.82. The third-order valence-corrected chi connectivity index (χ3v) is 4.29. The Balaban J connectivity index is 1.40. The van der Waals surface area contributed by atoms with Gasteiger partial charge in [0.05, 0.1) is 0 Å². The molecule has 2 aromatic carbocycles. The van der Waals surface area contributed by atoms with Gasteiger partial charge in [-0.2, -0.15) is 4.98 Å². The van der Waals surface area contributed by atoms with Gasteiger partial charge in [-0.3, -0.25) is 9.59 Å². The Bertz CT molecular complexity index is 1210. The molecule has 0 aliphatic rings. The molecule has 2 aromatic heterocycles. The molecule has 2 N–H and O–H groups in total. The molecule has 4 rings (SSSR count). The zero-order valence-electron chi connectivity index (χ0n) is 16.1. The first kappa shape index (κ1) is 19.1. The highest BCUT2D eigenvalue weighted by Crippen LogP contribution is 2.18. The van der Waals surface area contributed by atoms with Gasteiger partial charge in [-0.1, -0.05) is 35.5 Å². The van der Waals surface area contributed by atoms with E-state index in [1.165, 1.54) is 6.07 Å². The molecule has 0 saturated heterocycles. The summed E-state index contributed by atoms with van der Waals surface area (Å²) in [6, 6.07) is 19.4. The van der Waals surface area contributed by atoms with E-state index in [0.717, 1.165) is 5.56 Å². The maximum atomic E-state index is 12.5. The number of aryl methyl sites for hydroxylation is 1. The lowest BCUT2D eigenvalue weighted by Gasteiger charge is -2.08. The number of pyridine rings is 1. The first-order valence-electron chi connectivity index (χ1n) is 9.20. The second-order valence-corrected chi connectivity index (χ2v) is 6.48. The van der Waals surface area contributed by atoms with Crippen LogP contribution in [0, 0.1) is 6.92 Å². The van der Waals surface area contributed by atoms with Crippen LogP contribution in [0.25, 0.3) is 11.3 Å². The van der Waals surface area contributed by atoms with Crippen molar-refractivity contribution in [3.63, 3.8) is 0 Å². The van der Waals surface area contributed by atoms with E-state index in [1.54, 1.807) is 37.3 Å². The van der Waals surface area contributed by atoms with E-state index in [-0.39, 0.29) is 12.2 Å². The topological polar surface area (TPSA) is 110 Å². The Kier molecular flexibility index (Phi) is 5.38. The minimum atomic E-state index is -0.494. The van der Waals surface area contributed by atoms with Gasteiger partial charge < -0.3 is 19.6 Å². The minimum absolute atomic E-state index is 0.0301. The van der Waals surface area contributed by atoms with E-state index in [1.807, 2.05) is 30.3 Å². The van der Waals surface area contributed by atoms with Crippen LogP contribution < -0.4 is 15.6 Å². The second-order valence-electron chi connectivity index (χ2n) is 6.48. The molecule has 1 amide bonds. The van der Waals surface area contributed by atoms with Crippen LogP contribution in [0.3, 0.4) is 0 Å². The van der Waals surface area contributed by atoms with E-state index in [2.05, 4.69) is 20.4 Å². The van der Waals surface area contributed by atoms with Crippen molar-refractivity contribution in [1.82, 2.24) is 15.1 Å². The summed E-state index contributed by atoms with van der Waals surface area (Å²) in [6.07, 6.45) is 0.